The molecular weight excluding hydrogens is 307 g/mol. The molecule has 0 aliphatic heterocycles. The zero-order valence-electron chi connectivity index (χ0n) is 10.1. The standard InChI is InChI=1S/C11H9FN2O4S2/c1-6-13-5-10(19-6)20(17,18)14-9-4-7(11(15)16)2-3-8(9)12/h2-5,14H,1H3,(H,15,16). The summed E-state index contributed by atoms with van der Waals surface area (Å²) >= 11 is 0.930. The third-order valence-corrected chi connectivity index (χ3v) is 5.06. The fraction of sp³-hybridized carbons (Fsp3) is 0.0909. The highest BCUT2D eigenvalue weighted by molar-refractivity contribution is 7.94. The summed E-state index contributed by atoms with van der Waals surface area (Å²) in [6.45, 7) is 1.63. The van der Waals surface area contributed by atoms with E-state index < -0.39 is 27.5 Å². The van der Waals surface area contributed by atoms with Crippen LogP contribution in [0.25, 0.3) is 0 Å². The highest BCUT2D eigenvalue weighted by Gasteiger charge is 2.19. The number of nitrogens with one attached hydrogen (secondary N) is 1. The molecule has 2 rings (SSSR count). The normalized spacial score (nSPS) is 11.3. The quantitative estimate of drug-likeness (QED) is 0.900. The first-order valence-corrected chi connectivity index (χ1v) is 7.57. The van der Waals surface area contributed by atoms with Crippen LogP contribution >= 0.6 is 11.3 Å². The molecule has 2 aromatic rings. The van der Waals surface area contributed by atoms with Crippen LogP contribution in [0.3, 0.4) is 0 Å². The van der Waals surface area contributed by atoms with Crippen LogP contribution in [0, 0.1) is 12.7 Å². The minimum absolute atomic E-state index is 0.0740. The van der Waals surface area contributed by atoms with Crippen LogP contribution in [0.1, 0.15) is 15.4 Å². The van der Waals surface area contributed by atoms with Gasteiger partial charge in [-0.25, -0.2) is 22.6 Å². The van der Waals surface area contributed by atoms with E-state index in [-0.39, 0.29) is 9.77 Å². The molecule has 20 heavy (non-hydrogen) atoms. The number of aromatic carboxylic acids is 1. The van der Waals surface area contributed by atoms with E-state index in [9.17, 15) is 17.6 Å². The number of thiazole rings is 1. The van der Waals surface area contributed by atoms with Crippen LogP contribution in [0.5, 0.6) is 0 Å². The Hall–Kier alpha value is -2.00. The lowest BCUT2D eigenvalue weighted by atomic mass is 10.2. The summed E-state index contributed by atoms with van der Waals surface area (Å²) in [6, 6.07) is 2.86. The molecule has 0 amide bonds. The summed E-state index contributed by atoms with van der Waals surface area (Å²) in [5.41, 5.74) is -0.638. The predicted octanol–water partition coefficient (Wildman–Crippen LogP) is 2.09. The van der Waals surface area contributed by atoms with Gasteiger partial charge in [-0.15, -0.1) is 11.3 Å². The molecule has 106 valence electrons. The van der Waals surface area contributed by atoms with Gasteiger partial charge in [0.25, 0.3) is 10.0 Å². The lowest BCUT2D eigenvalue weighted by molar-refractivity contribution is 0.0697. The van der Waals surface area contributed by atoms with Crippen molar-refractivity contribution in [2.75, 3.05) is 4.72 Å². The summed E-state index contributed by atoms with van der Waals surface area (Å²) in [5.74, 6) is -2.14. The number of sulfonamides is 1. The Labute approximate surface area is 118 Å². The lowest BCUT2D eigenvalue weighted by Crippen LogP contribution is -2.13. The molecule has 0 unspecified atom stereocenters. The topological polar surface area (TPSA) is 96.4 Å². The Kier molecular flexibility index (Phi) is 3.73. The van der Waals surface area contributed by atoms with Gasteiger partial charge in [-0.2, -0.15) is 0 Å². The number of carbonyl (C=O) groups is 1. The maximum absolute atomic E-state index is 13.6. The zero-order valence-corrected chi connectivity index (χ0v) is 11.8. The number of anilines is 1. The molecule has 1 aromatic carbocycles. The van der Waals surface area contributed by atoms with Crippen LogP contribution < -0.4 is 4.72 Å². The van der Waals surface area contributed by atoms with Gasteiger partial charge in [0.05, 0.1) is 22.5 Å². The lowest BCUT2D eigenvalue weighted by Gasteiger charge is -2.07. The van der Waals surface area contributed by atoms with Gasteiger partial charge >= 0.3 is 5.97 Å². The molecule has 0 bridgehead atoms. The first kappa shape index (κ1) is 14.4. The van der Waals surface area contributed by atoms with Crippen molar-refractivity contribution in [2.45, 2.75) is 11.1 Å². The number of aryl methyl sites for hydroxylation is 1. The molecule has 0 fully saturated rings. The summed E-state index contributed by atoms with van der Waals surface area (Å²) < 4.78 is 39.5. The molecule has 2 N–H and O–H groups in total. The Morgan fingerprint density at radius 3 is 2.70 bits per heavy atom. The predicted molar refractivity (Wildman–Crippen MR) is 71.0 cm³/mol. The summed E-state index contributed by atoms with van der Waals surface area (Å²) in [7, 11) is -3.98. The van der Waals surface area contributed by atoms with Gasteiger partial charge in [0.1, 0.15) is 5.82 Å². The van der Waals surface area contributed by atoms with E-state index in [4.69, 9.17) is 5.11 Å². The second-order valence-electron chi connectivity index (χ2n) is 3.80. The van der Waals surface area contributed by atoms with Gasteiger partial charge in [-0.3, -0.25) is 4.72 Å². The van der Waals surface area contributed by atoms with Crippen LogP contribution in [0.4, 0.5) is 10.1 Å². The molecule has 0 radical (unpaired) electrons. The number of carboxylic acids is 1. The van der Waals surface area contributed by atoms with Crippen LogP contribution in [0.2, 0.25) is 0 Å². The summed E-state index contributed by atoms with van der Waals surface area (Å²) in [4.78, 5) is 14.6. The molecule has 0 saturated carbocycles. The number of hydrogen-bond acceptors (Lipinski definition) is 5. The zero-order chi connectivity index (χ0) is 14.9. The first-order chi connectivity index (χ1) is 9.29. The molecule has 0 saturated heterocycles. The van der Waals surface area contributed by atoms with Gasteiger partial charge in [-0.1, -0.05) is 0 Å². The number of carboxylic acid groups (broad SMARTS) is 1. The number of aromatic nitrogens is 1. The van der Waals surface area contributed by atoms with Crippen molar-refractivity contribution in [3.8, 4) is 0 Å². The molecule has 0 aliphatic rings. The molecule has 0 aliphatic carbocycles. The molecule has 1 heterocycles. The fourth-order valence-corrected chi connectivity index (χ4v) is 3.56. The van der Waals surface area contributed by atoms with Gasteiger partial charge in [-0.05, 0) is 25.1 Å². The molecular formula is C11H9FN2O4S2. The summed E-state index contributed by atoms with van der Waals surface area (Å²) in [5, 5.41) is 9.36. The monoisotopic (exact) mass is 316 g/mol. The largest absolute Gasteiger partial charge is 0.478 e. The third kappa shape index (κ3) is 2.94. The Morgan fingerprint density at radius 2 is 2.15 bits per heavy atom. The number of rotatable bonds is 4. The number of hydrogen-bond donors (Lipinski definition) is 2. The van der Waals surface area contributed by atoms with Gasteiger partial charge in [0.2, 0.25) is 0 Å². The van der Waals surface area contributed by atoms with Crippen molar-refractivity contribution < 1.29 is 22.7 Å². The molecule has 0 atom stereocenters. The van der Waals surface area contributed by atoms with Gasteiger partial charge in [0.15, 0.2) is 4.21 Å². The highest BCUT2D eigenvalue weighted by atomic mass is 32.2. The smallest absolute Gasteiger partial charge is 0.335 e. The average molecular weight is 316 g/mol. The third-order valence-electron chi connectivity index (χ3n) is 2.32. The molecule has 0 spiro atoms. The van der Waals surface area contributed by atoms with Crippen molar-refractivity contribution in [3.63, 3.8) is 0 Å². The second-order valence-corrected chi connectivity index (χ2v) is 6.95. The van der Waals surface area contributed by atoms with Crippen molar-refractivity contribution in [1.82, 2.24) is 4.98 Å². The second kappa shape index (κ2) is 5.17. The Balaban J connectivity index is 2.39. The first-order valence-electron chi connectivity index (χ1n) is 5.28. The van der Waals surface area contributed by atoms with Gasteiger partial charge in [0, 0.05) is 0 Å². The fourth-order valence-electron chi connectivity index (χ4n) is 1.40. The highest BCUT2D eigenvalue weighted by Crippen LogP contribution is 2.23. The van der Waals surface area contributed by atoms with E-state index in [0.717, 1.165) is 35.7 Å². The number of nitrogens with zero attached hydrogens (tertiary/aromatic N) is 1. The van der Waals surface area contributed by atoms with Crippen LogP contribution in [-0.4, -0.2) is 24.5 Å². The molecule has 6 nitrogen and oxygen atoms in total. The Morgan fingerprint density at radius 1 is 1.45 bits per heavy atom. The maximum Gasteiger partial charge on any atom is 0.335 e. The minimum Gasteiger partial charge on any atom is -0.478 e. The minimum atomic E-state index is -3.98. The van der Waals surface area contributed by atoms with E-state index in [1.54, 1.807) is 6.92 Å². The van der Waals surface area contributed by atoms with Crippen molar-refractivity contribution in [3.05, 3.63) is 40.8 Å². The van der Waals surface area contributed by atoms with E-state index in [1.807, 2.05) is 4.72 Å². The van der Waals surface area contributed by atoms with Gasteiger partial charge < -0.3 is 5.11 Å². The molecule has 1 aromatic heterocycles. The van der Waals surface area contributed by atoms with Crippen LogP contribution in [0.15, 0.2) is 28.6 Å². The van der Waals surface area contributed by atoms with E-state index >= 15 is 0 Å². The molecule has 9 heteroatoms. The van der Waals surface area contributed by atoms with Crippen molar-refractivity contribution in [2.24, 2.45) is 0 Å². The maximum atomic E-state index is 13.6. The SMILES string of the molecule is Cc1ncc(S(=O)(=O)Nc2cc(C(=O)O)ccc2F)s1. The van der Waals surface area contributed by atoms with Crippen molar-refractivity contribution >= 4 is 33.0 Å². The number of halogens is 1. The Bertz CT molecular complexity index is 770. The average Bonchev–Trinajstić information content (AvgIpc) is 2.79. The number of benzene rings is 1. The van der Waals surface area contributed by atoms with E-state index in [1.165, 1.54) is 0 Å². The van der Waals surface area contributed by atoms with Crippen LogP contribution in [-0.2, 0) is 10.0 Å². The van der Waals surface area contributed by atoms with Crippen molar-refractivity contribution in [1.29, 1.82) is 0 Å². The van der Waals surface area contributed by atoms with E-state index in [0.29, 0.717) is 5.01 Å². The summed E-state index contributed by atoms with van der Waals surface area (Å²) in [6.07, 6.45) is 1.15. The van der Waals surface area contributed by atoms with E-state index in [2.05, 4.69) is 4.98 Å².